The first kappa shape index (κ1) is 13.6. The van der Waals surface area contributed by atoms with Crippen molar-refractivity contribution in [2.24, 2.45) is 0 Å². The Morgan fingerprint density at radius 3 is 2.89 bits per heavy atom. The van der Waals surface area contributed by atoms with Gasteiger partial charge in [-0.15, -0.1) is 0 Å². The first-order valence-corrected chi connectivity index (χ1v) is 6.94. The zero-order valence-corrected chi connectivity index (χ0v) is 11.9. The van der Waals surface area contributed by atoms with Crippen molar-refractivity contribution in [3.63, 3.8) is 0 Å². The lowest BCUT2D eigenvalue weighted by Crippen LogP contribution is -2.46. The molecule has 0 fully saturated rings. The predicted octanol–water partition coefficient (Wildman–Crippen LogP) is 2.28. The molecule has 0 aromatic carbocycles. The Morgan fingerprint density at radius 2 is 2.32 bits per heavy atom. The normalized spacial score (nSPS) is 19.4. The molecule has 0 unspecified atom stereocenters. The quantitative estimate of drug-likeness (QED) is 0.864. The summed E-state index contributed by atoms with van der Waals surface area (Å²) in [6, 6.07) is 1.24. The molecule has 0 aliphatic carbocycles. The van der Waals surface area contributed by atoms with E-state index in [9.17, 15) is 9.59 Å². The van der Waals surface area contributed by atoms with Gasteiger partial charge in [0.1, 0.15) is 0 Å². The van der Waals surface area contributed by atoms with E-state index >= 15 is 0 Å². The molecular formula is C13H16N2O3S. The molecule has 1 aromatic heterocycles. The largest absolute Gasteiger partial charge is 0.463 e. The van der Waals surface area contributed by atoms with E-state index in [4.69, 9.17) is 4.74 Å². The molecule has 5 nitrogen and oxygen atoms in total. The number of nitrogens with one attached hydrogen (secondary N) is 1. The Labute approximate surface area is 115 Å². The summed E-state index contributed by atoms with van der Waals surface area (Å²) in [7, 11) is 1.63. The Bertz CT molecular complexity index is 522. The average Bonchev–Trinajstić information content (AvgIpc) is 2.89. The first-order chi connectivity index (χ1) is 9.06. The number of amides is 2. The van der Waals surface area contributed by atoms with Gasteiger partial charge in [0.2, 0.25) is 0 Å². The van der Waals surface area contributed by atoms with Crippen molar-refractivity contribution in [1.82, 2.24) is 10.2 Å². The predicted molar refractivity (Wildman–Crippen MR) is 72.7 cm³/mol. The molecule has 0 bridgehead atoms. The van der Waals surface area contributed by atoms with Gasteiger partial charge in [0.25, 0.3) is 0 Å². The molecule has 0 radical (unpaired) electrons. The van der Waals surface area contributed by atoms with E-state index in [1.165, 1.54) is 16.2 Å². The second-order valence-corrected chi connectivity index (χ2v) is 5.00. The third-order valence-electron chi connectivity index (χ3n) is 3.13. The highest BCUT2D eigenvalue weighted by atomic mass is 32.1. The fourth-order valence-electron chi connectivity index (χ4n) is 2.00. The highest BCUT2D eigenvalue weighted by Crippen LogP contribution is 2.31. The molecule has 19 heavy (non-hydrogen) atoms. The molecule has 1 aliphatic heterocycles. The zero-order valence-electron chi connectivity index (χ0n) is 11.1. The van der Waals surface area contributed by atoms with Crippen LogP contribution in [0, 0.1) is 0 Å². The number of carbonyl (C=O) groups excluding carboxylic acids is 2. The van der Waals surface area contributed by atoms with Crippen LogP contribution in [0.4, 0.5) is 4.79 Å². The molecule has 2 rings (SSSR count). The number of hydrogen-bond donors (Lipinski definition) is 1. The summed E-state index contributed by atoms with van der Waals surface area (Å²) in [5.74, 6) is -0.386. The SMILES string of the molecule is CCOC(=O)C1=C(C)N(C)C(=O)N[C@@H]1c1ccsc1. The van der Waals surface area contributed by atoms with Crippen LogP contribution >= 0.6 is 11.3 Å². The summed E-state index contributed by atoms with van der Waals surface area (Å²) in [4.78, 5) is 25.4. The topological polar surface area (TPSA) is 58.6 Å². The Balaban J connectivity index is 2.45. The smallest absolute Gasteiger partial charge is 0.338 e. The average molecular weight is 280 g/mol. The first-order valence-electron chi connectivity index (χ1n) is 6.00. The lowest BCUT2D eigenvalue weighted by Gasteiger charge is -2.32. The van der Waals surface area contributed by atoms with Gasteiger partial charge in [0.05, 0.1) is 18.2 Å². The van der Waals surface area contributed by atoms with Crippen molar-refractivity contribution in [2.75, 3.05) is 13.7 Å². The van der Waals surface area contributed by atoms with Crippen LogP contribution in [0.3, 0.4) is 0 Å². The summed E-state index contributed by atoms with van der Waals surface area (Å²) in [6.45, 7) is 3.83. The van der Waals surface area contributed by atoms with Crippen LogP contribution in [-0.2, 0) is 9.53 Å². The van der Waals surface area contributed by atoms with Crippen molar-refractivity contribution in [3.8, 4) is 0 Å². The molecule has 0 saturated heterocycles. The van der Waals surface area contributed by atoms with Crippen molar-refractivity contribution in [3.05, 3.63) is 33.7 Å². The maximum Gasteiger partial charge on any atom is 0.338 e. The standard InChI is InChI=1S/C13H16N2O3S/c1-4-18-12(16)10-8(2)15(3)13(17)14-11(10)9-5-6-19-7-9/h5-7,11H,4H2,1-3H3,(H,14,17)/t11-/m1/s1. The third-order valence-corrected chi connectivity index (χ3v) is 3.83. The molecule has 0 spiro atoms. The van der Waals surface area contributed by atoms with Gasteiger partial charge in [-0.3, -0.25) is 0 Å². The summed E-state index contributed by atoms with van der Waals surface area (Å²) in [5.41, 5.74) is 2.01. The minimum atomic E-state index is -0.436. The van der Waals surface area contributed by atoms with Crippen LogP contribution in [0.5, 0.6) is 0 Å². The van der Waals surface area contributed by atoms with E-state index in [0.29, 0.717) is 17.9 Å². The molecule has 2 amide bonds. The van der Waals surface area contributed by atoms with Gasteiger partial charge in [-0.05, 0) is 36.2 Å². The van der Waals surface area contributed by atoms with Crippen LogP contribution in [0.15, 0.2) is 28.1 Å². The van der Waals surface area contributed by atoms with Crippen molar-refractivity contribution in [2.45, 2.75) is 19.9 Å². The number of nitrogens with zero attached hydrogens (tertiary/aromatic N) is 1. The lowest BCUT2D eigenvalue weighted by atomic mass is 9.97. The zero-order chi connectivity index (χ0) is 14.0. The van der Waals surface area contributed by atoms with Crippen LogP contribution in [0.25, 0.3) is 0 Å². The molecule has 1 N–H and O–H groups in total. The van der Waals surface area contributed by atoms with Gasteiger partial charge in [0.15, 0.2) is 0 Å². The van der Waals surface area contributed by atoms with Crippen LogP contribution in [-0.4, -0.2) is 30.6 Å². The van der Waals surface area contributed by atoms with E-state index in [1.54, 1.807) is 20.9 Å². The van der Waals surface area contributed by atoms with E-state index in [0.717, 1.165) is 5.56 Å². The van der Waals surface area contributed by atoms with Crippen LogP contribution < -0.4 is 5.32 Å². The van der Waals surface area contributed by atoms with Gasteiger partial charge in [0, 0.05) is 12.7 Å². The lowest BCUT2D eigenvalue weighted by molar-refractivity contribution is -0.139. The summed E-state index contributed by atoms with van der Waals surface area (Å²) >= 11 is 1.52. The molecular weight excluding hydrogens is 264 g/mol. The monoisotopic (exact) mass is 280 g/mol. The molecule has 102 valence electrons. The second-order valence-electron chi connectivity index (χ2n) is 4.22. The van der Waals surface area contributed by atoms with E-state index < -0.39 is 6.04 Å². The number of urea groups is 1. The van der Waals surface area contributed by atoms with Crippen LogP contribution in [0.1, 0.15) is 25.5 Å². The fourth-order valence-corrected chi connectivity index (χ4v) is 2.68. The van der Waals surface area contributed by atoms with E-state index in [2.05, 4.69) is 5.32 Å². The molecule has 6 heteroatoms. The Kier molecular flexibility index (Phi) is 3.90. The maximum absolute atomic E-state index is 12.1. The number of hydrogen-bond acceptors (Lipinski definition) is 4. The van der Waals surface area contributed by atoms with Crippen LogP contribution in [0.2, 0.25) is 0 Å². The second kappa shape index (κ2) is 5.44. The van der Waals surface area contributed by atoms with Gasteiger partial charge >= 0.3 is 12.0 Å². The molecule has 2 heterocycles. The number of allylic oxidation sites excluding steroid dienone is 1. The van der Waals surface area contributed by atoms with Crippen molar-refractivity contribution in [1.29, 1.82) is 0 Å². The maximum atomic E-state index is 12.1. The molecule has 1 aliphatic rings. The van der Waals surface area contributed by atoms with Gasteiger partial charge in [-0.1, -0.05) is 0 Å². The number of carbonyl (C=O) groups is 2. The number of esters is 1. The highest BCUT2D eigenvalue weighted by Gasteiger charge is 2.34. The summed E-state index contributed by atoms with van der Waals surface area (Å²) in [5, 5.41) is 6.66. The summed E-state index contributed by atoms with van der Waals surface area (Å²) < 4.78 is 5.09. The third kappa shape index (κ3) is 2.49. The highest BCUT2D eigenvalue weighted by molar-refractivity contribution is 7.08. The minimum Gasteiger partial charge on any atom is -0.463 e. The fraction of sp³-hybridized carbons (Fsp3) is 0.385. The number of thiophene rings is 1. The summed E-state index contributed by atoms with van der Waals surface area (Å²) in [6.07, 6.45) is 0. The van der Waals surface area contributed by atoms with Gasteiger partial charge in [-0.25, -0.2) is 9.59 Å². The molecule has 0 saturated carbocycles. The van der Waals surface area contributed by atoms with Gasteiger partial charge < -0.3 is 15.0 Å². The van der Waals surface area contributed by atoms with Crippen molar-refractivity contribution >= 4 is 23.3 Å². The van der Waals surface area contributed by atoms with Crippen molar-refractivity contribution < 1.29 is 14.3 Å². The molecule has 1 aromatic rings. The number of ether oxygens (including phenoxy) is 1. The minimum absolute atomic E-state index is 0.221. The van der Waals surface area contributed by atoms with E-state index in [1.807, 2.05) is 16.8 Å². The molecule has 1 atom stereocenters. The number of rotatable bonds is 3. The Morgan fingerprint density at radius 1 is 1.58 bits per heavy atom. The van der Waals surface area contributed by atoms with Gasteiger partial charge in [-0.2, -0.15) is 11.3 Å². The Hall–Kier alpha value is -1.82. The van der Waals surface area contributed by atoms with E-state index in [-0.39, 0.29) is 12.0 Å².